The van der Waals surface area contributed by atoms with Crippen LogP contribution in [0.2, 0.25) is 0 Å². The number of nitrogens with two attached hydrogens (primary N) is 1. The first-order chi connectivity index (χ1) is 11.0. The molecule has 2 aromatic rings. The van der Waals surface area contributed by atoms with Crippen LogP contribution in [0.15, 0.2) is 46.2 Å². The Kier molecular flexibility index (Phi) is 3.64. The highest BCUT2D eigenvalue weighted by Gasteiger charge is 2.35. The summed E-state index contributed by atoms with van der Waals surface area (Å²) in [7, 11) is -3.83. The molecule has 0 saturated heterocycles. The molecule has 0 atom stereocenters. The molecule has 6 nitrogen and oxygen atoms in total. The molecule has 0 unspecified atom stereocenters. The Labute approximate surface area is 133 Å². The van der Waals surface area contributed by atoms with Gasteiger partial charge in [-0.25, -0.2) is 8.42 Å². The summed E-state index contributed by atoms with van der Waals surface area (Å²) >= 11 is 0. The normalized spacial score (nSPS) is 14.5. The van der Waals surface area contributed by atoms with Crippen molar-refractivity contribution in [1.82, 2.24) is 0 Å². The van der Waals surface area contributed by atoms with Crippen molar-refractivity contribution in [3.05, 3.63) is 53.1 Å². The van der Waals surface area contributed by atoms with Gasteiger partial charge in [0.05, 0.1) is 21.4 Å². The SMILES string of the molecule is N#Cc1ccc2c(c1)S(=O)(=O)c1ccc(NCCN)cc1C2=O. The molecule has 1 aliphatic heterocycles. The molecule has 0 radical (unpaired) electrons. The van der Waals surface area contributed by atoms with Gasteiger partial charge in [-0.15, -0.1) is 0 Å². The second-order valence-corrected chi connectivity index (χ2v) is 6.97. The smallest absolute Gasteiger partial charge is 0.208 e. The zero-order valence-corrected chi connectivity index (χ0v) is 12.9. The van der Waals surface area contributed by atoms with Crippen LogP contribution in [0, 0.1) is 11.3 Å². The van der Waals surface area contributed by atoms with Crippen molar-refractivity contribution in [2.75, 3.05) is 18.4 Å². The minimum atomic E-state index is -3.83. The molecule has 7 heteroatoms. The van der Waals surface area contributed by atoms with Gasteiger partial charge in [0.2, 0.25) is 9.84 Å². The Morgan fingerprint density at radius 3 is 2.57 bits per heavy atom. The summed E-state index contributed by atoms with van der Waals surface area (Å²) in [5.41, 5.74) is 6.48. The van der Waals surface area contributed by atoms with Crippen LogP contribution >= 0.6 is 0 Å². The third kappa shape index (κ3) is 2.38. The maximum Gasteiger partial charge on any atom is 0.208 e. The molecule has 0 aliphatic carbocycles. The van der Waals surface area contributed by atoms with Gasteiger partial charge in [-0.05, 0) is 36.4 Å². The molecule has 0 spiro atoms. The van der Waals surface area contributed by atoms with Gasteiger partial charge in [-0.3, -0.25) is 4.79 Å². The van der Waals surface area contributed by atoms with Crippen molar-refractivity contribution >= 4 is 21.3 Å². The number of rotatable bonds is 3. The first-order valence-electron chi connectivity index (χ1n) is 6.91. The molecule has 116 valence electrons. The number of fused-ring (bicyclic) bond motifs is 2. The van der Waals surface area contributed by atoms with Crippen molar-refractivity contribution in [1.29, 1.82) is 5.26 Å². The maximum absolute atomic E-state index is 12.7. The third-order valence-corrected chi connectivity index (χ3v) is 5.48. The van der Waals surface area contributed by atoms with Crippen LogP contribution in [0.3, 0.4) is 0 Å². The molecule has 0 saturated carbocycles. The summed E-state index contributed by atoms with van der Waals surface area (Å²) in [5.74, 6) is -0.370. The number of hydrogen-bond donors (Lipinski definition) is 2. The van der Waals surface area contributed by atoms with E-state index in [1.165, 1.54) is 30.3 Å². The standard InChI is InChI=1S/C16H13N3O3S/c17-5-6-19-11-2-4-14-13(8-11)16(20)12-3-1-10(9-18)7-15(12)23(14,21)22/h1-4,7-8,19H,5-6,17H2. The first-order valence-corrected chi connectivity index (χ1v) is 8.39. The zero-order chi connectivity index (χ0) is 16.6. The summed E-state index contributed by atoms with van der Waals surface area (Å²) in [5, 5.41) is 12.0. The molecular formula is C16H13N3O3S. The second kappa shape index (κ2) is 5.50. The number of nitriles is 1. The molecule has 0 aromatic heterocycles. The molecule has 0 bridgehead atoms. The van der Waals surface area contributed by atoms with E-state index in [1.54, 1.807) is 6.07 Å². The first kappa shape index (κ1) is 15.2. The van der Waals surface area contributed by atoms with Gasteiger partial charge >= 0.3 is 0 Å². The van der Waals surface area contributed by atoms with Crippen LogP contribution in [-0.2, 0) is 9.84 Å². The van der Waals surface area contributed by atoms with Gasteiger partial charge in [0.25, 0.3) is 0 Å². The van der Waals surface area contributed by atoms with Crippen LogP contribution in [0.4, 0.5) is 5.69 Å². The number of carbonyl (C=O) groups is 1. The minimum absolute atomic E-state index is 0.0385. The van der Waals surface area contributed by atoms with Gasteiger partial charge in [0.15, 0.2) is 5.78 Å². The van der Waals surface area contributed by atoms with Crippen molar-refractivity contribution in [2.24, 2.45) is 5.73 Å². The van der Waals surface area contributed by atoms with Gasteiger partial charge < -0.3 is 11.1 Å². The Balaban J connectivity index is 2.20. The summed E-state index contributed by atoms with van der Waals surface area (Å²) < 4.78 is 25.5. The predicted molar refractivity (Wildman–Crippen MR) is 84.0 cm³/mol. The van der Waals surface area contributed by atoms with E-state index < -0.39 is 9.84 Å². The fraction of sp³-hybridized carbons (Fsp3) is 0.125. The number of nitrogens with zero attached hydrogens (tertiary/aromatic N) is 1. The lowest BCUT2D eigenvalue weighted by atomic mass is 10.0. The fourth-order valence-electron chi connectivity index (χ4n) is 2.53. The van der Waals surface area contributed by atoms with Crippen LogP contribution in [0.25, 0.3) is 0 Å². The molecule has 0 fully saturated rings. The van der Waals surface area contributed by atoms with Crippen LogP contribution < -0.4 is 11.1 Å². The Bertz CT molecular complexity index is 959. The number of nitrogens with one attached hydrogen (secondary N) is 1. The Hall–Kier alpha value is -2.69. The quantitative estimate of drug-likeness (QED) is 0.750. The van der Waals surface area contributed by atoms with Gasteiger partial charge in [0.1, 0.15) is 0 Å². The van der Waals surface area contributed by atoms with Gasteiger partial charge in [0, 0.05) is 29.9 Å². The van der Waals surface area contributed by atoms with Gasteiger partial charge in [-0.1, -0.05) is 0 Å². The number of sulfone groups is 1. The summed E-state index contributed by atoms with van der Waals surface area (Å²) in [6.45, 7) is 0.935. The van der Waals surface area contributed by atoms with E-state index in [0.717, 1.165) is 0 Å². The maximum atomic E-state index is 12.7. The molecule has 3 N–H and O–H groups in total. The van der Waals surface area contributed by atoms with E-state index in [0.29, 0.717) is 18.8 Å². The Morgan fingerprint density at radius 2 is 1.87 bits per heavy atom. The summed E-state index contributed by atoms with van der Waals surface area (Å²) in [6.07, 6.45) is 0. The average molecular weight is 327 g/mol. The largest absolute Gasteiger partial charge is 0.384 e. The average Bonchev–Trinajstić information content (AvgIpc) is 2.57. The van der Waals surface area contributed by atoms with E-state index in [2.05, 4.69) is 5.32 Å². The van der Waals surface area contributed by atoms with E-state index in [1.807, 2.05) is 6.07 Å². The van der Waals surface area contributed by atoms with Crippen LogP contribution in [0.5, 0.6) is 0 Å². The van der Waals surface area contributed by atoms with Crippen LogP contribution in [0.1, 0.15) is 21.5 Å². The highest BCUT2D eigenvalue weighted by molar-refractivity contribution is 7.91. The van der Waals surface area contributed by atoms with Crippen LogP contribution in [-0.4, -0.2) is 27.3 Å². The molecule has 2 aromatic carbocycles. The minimum Gasteiger partial charge on any atom is -0.384 e. The zero-order valence-electron chi connectivity index (χ0n) is 12.0. The topological polar surface area (TPSA) is 113 Å². The lowest BCUT2D eigenvalue weighted by Crippen LogP contribution is -2.21. The number of ketones is 1. The van der Waals surface area contributed by atoms with Gasteiger partial charge in [-0.2, -0.15) is 5.26 Å². The fourth-order valence-corrected chi connectivity index (χ4v) is 4.19. The predicted octanol–water partition coefficient (Wildman–Crippen LogP) is 1.31. The van der Waals surface area contributed by atoms with E-state index in [9.17, 15) is 13.2 Å². The molecular weight excluding hydrogens is 314 g/mol. The number of hydrogen-bond acceptors (Lipinski definition) is 6. The molecule has 3 rings (SSSR count). The summed E-state index contributed by atoms with van der Waals surface area (Å²) in [4.78, 5) is 12.5. The number of anilines is 1. The van der Waals surface area contributed by atoms with E-state index in [-0.39, 0.29) is 32.3 Å². The molecule has 23 heavy (non-hydrogen) atoms. The van der Waals surface area contributed by atoms with Crippen molar-refractivity contribution in [3.8, 4) is 6.07 Å². The van der Waals surface area contributed by atoms with Crippen molar-refractivity contribution in [3.63, 3.8) is 0 Å². The monoisotopic (exact) mass is 327 g/mol. The van der Waals surface area contributed by atoms with Crippen molar-refractivity contribution < 1.29 is 13.2 Å². The lowest BCUT2D eigenvalue weighted by Gasteiger charge is -2.20. The number of benzene rings is 2. The second-order valence-electron chi connectivity index (χ2n) is 5.08. The van der Waals surface area contributed by atoms with E-state index in [4.69, 9.17) is 11.0 Å². The highest BCUT2D eigenvalue weighted by Crippen LogP contribution is 2.36. The summed E-state index contributed by atoms with van der Waals surface area (Å²) in [6, 6.07) is 10.5. The lowest BCUT2D eigenvalue weighted by molar-refractivity contribution is 0.103. The third-order valence-electron chi connectivity index (χ3n) is 3.63. The van der Waals surface area contributed by atoms with Crippen molar-refractivity contribution in [2.45, 2.75) is 9.79 Å². The molecule has 1 heterocycles. The number of carbonyl (C=O) groups excluding carboxylic acids is 1. The Morgan fingerprint density at radius 1 is 1.09 bits per heavy atom. The van der Waals surface area contributed by atoms with E-state index >= 15 is 0 Å². The molecule has 0 amide bonds. The molecule has 1 aliphatic rings. The highest BCUT2D eigenvalue weighted by atomic mass is 32.2.